The highest BCUT2D eigenvalue weighted by molar-refractivity contribution is 6.05. The summed E-state index contributed by atoms with van der Waals surface area (Å²) >= 11 is 0. The molecule has 0 spiro atoms. The zero-order valence-electron chi connectivity index (χ0n) is 22.7. The van der Waals surface area contributed by atoms with Gasteiger partial charge >= 0.3 is 5.97 Å². The lowest BCUT2D eigenvalue weighted by molar-refractivity contribution is -0.145. The van der Waals surface area contributed by atoms with E-state index in [4.69, 9.17) is 14.2 Å². The molecule has 0 aliphatic heterocycles. The van der Waals surface area contributed by atoms with Crippen LogP contribution < -0.4 is 25.4 Å². The zero-order chi connectivity index (χ0) is 28.9. The third-order valence-electron chi connectivity index (χ3n) is 5.99. The Labute approximate surface area is 233 Å². The van der Waals surface area contributed by atoms with Crippen LogP contribution in [0.3, 0.4) is 0 Å². The van der Waals surface area contributed by atoms with Gasteiger partial charge < -0.3 is 30.2 Å². The first kappa shape index (κ1) is 29.7. The van der Waals surface area contributed by atoms with Crippen molar-refractivity contribution < 1.29 is 33.4 Å². The van der Waals surface area contributed by atoms with Crippen molar-refractivity contribution >= 4 is 35.1 Å². The zero-order valence-corrected chi connectivity index (χ0v) is 22.7. The Morgan fingerprint density at radius 2 is 1.27 bits per heavy atom. The number of hydrogen-bond acceptors (Lipinski definition) is 7. The van der Waals surface area contributed by atoms with Gasteiger partial charge in [0.15, 0.2) is 0 Å². The summed E-state index contributed by atoms with van der Waals surface area (Å²) in [5.41, 5.74) is 2.08. The van der Waals surface area contributed by atoms with E-state index in [1.165, 1.54) is 21.3 Å². The van der Waals surface area contributed by atoms with Gasteiger partial charge in [-0.3, -0.25) is 14.4 Å². The number of amides is 3. The molecule has 1 atom stereocenters. The average Bonchev–Trinajstić information content (AvgIpc) is 2.97. The van der Waals surface area contributed by atoms with Gasteiger partial charge in [0, 0.05) is 37.0 Å². The first-order valence-corrected chi connectivity index (χ1v) is 12.7. The van der Waals surface area contributed by atoms with E-state index in [0.29, 0.717) is 34.9 Å². The van der Waals surface area contributed by atoms with Gasteiger partial charge in [0.25, 0.3) is 5.91 Å². The Balaban J connectivity index is 1.56. The molecule has 0 fully saturated rings. The van der Waals surface area contributed by atoms with E-state index in [0.717, 1.165) is 5.56 Å². The monoisotopic (exact) mass is 547 g/mol. The van der Waals surface area contributed by atoms with Gasteiger partial charge in [-0.25, -0.2) is 4.79 Å². The minimum Gasteiger partial charge on any atom is -0.494 e. The number of esters is 1. The molecule has 0 aliphatic carbocycles. The lowest BCUT2D eigenvalue weighted by Crippen LogP contribution is -2.43. The van der Waals surface area contributed by atoms with Gasteiger partial charge in [-0.2, -0.15) is 0 Å². The molecule has 0 saturated carbocycles. The number of carbonyl (C=O) groups is 4. The summed E-state index contributed by atoms with van der Waals surface area (Å²) in [6.07, 6.45) is 0.637. The second-order valence-electron chi connectivity index (χ2n) is 8.81. The van der Waals surface area contributed by atoms with Crippen molar-refractivity contribution in [1.82, 2.24) is 5.32 Å². The highest BCUT2D eigenvalue weighted by Gasteiger charge is 2.22. The maximum Gasteiger partial charge on any atom is 0.328 e. The van der Waals surface area contributed by atoms with Crippen LogP contribution in [0.4, 0.5) is 11.4 Å². The third-order valence-corrected chi connectivity index (χ3v) is 5.99. The number of nitrogens with one attached hydrogen (secondary N) is 3. The van der Waals surface area contributed by atoms with Crippen LogP contribution in [-0.2, 0) is 25.5 Å². The molecule has 3 aromatic carbocycles. The minimum absolute atomic E-state index is 0.0423. The van der Waals surface area contributed by atoms with Crippen molar-refractivity contribution in [3.8, 4) is 11.5 Å². The molecule has 0 unspecified atom stereocenters. The number of hydrogen-bond donors (Lipinski definition) is 3. The molecule has 0 saturated heterocycles. The van der Waals surface area contributed by atoms with E-state index < -0.39 is 12.0 Å². The number of rotatable bonds is 13. The smallest absolute Gasteiger partial charge is 0.328 e. The molecule has 3 amide bonds. The maximum absolute atomic E-state index is 12.6. The van der Waals surface area contributed by atoms with Crippen LogP contribution in [0.5, 0.6) is 11.5 Å². The summed E-state index contributed by atoms with van der Waals surface area (Å²) in [5, 5.41) is 8.24. The summed E-state index contributed by atoms with van der Waals surface area (Å²) in [5.74, 6) is -0.933. The fraction of sp³-hybridized carbons (Fsp3) is 0.267. The molecule has 3 rings (SSSR count). The normalized spacial score (nSPS) is 11.1. The van der Waals surface area contributed by atoms with Crippen molar-refractivity contribution in [2.75, 3.05) is 32.0 Å². The number of benzene rings is 3. The van der Waals surface area contributed by atoms with Gasteiger partial charge in [-0.05, 0) is 24.1 Å². The molecule has 0 bridgehead atoms. The highest BCUT2D eigenvalue weighted by atomic mass is 16.5. The average molecular weight is 548 g/mol. The van der Waals surface area contributed by atoms with Crippen LogP contribution in [0.1, 0.15) is 35.2 Å². The molecule has 0 aromatic heterocycles. The Morgan fingerprint density at radius 1 is 0.725 bits per heavy atom. The van der Waals surface area contributed by atoms with Crippen molar-refractivity contribution in [3.05, 3.63) is 83.9 Å². The van der Waals surface area contributed by atoms with Crippen LogP contribution in [0.2, 0.25) is 0 Å². The molecule has 210 valence electrons. The largest absolute Gasteiger partial charge is 0.494 e. The summed E-state index contributed by atoms with van der Waals surface area (Å²) in [7, 11) is 4.16. The molecular formula is C30H33N3O7. The number of ether oxygens (including phenoxy) is 3. The number of anilines is 2. The van der Waals surface area contributed by atoms with E-state index >= 15 is 0 Å². The Hall–Kier alpha value is -4.86. The highest BCUT2D eigenvalue weighted by Crippen LogP contribution is 2.36. The molecule has 0 aliphatic rings. The second kappa shape index (κ2) is 14.9. The van der Waals surface area contributed by atoms with Gasteiger partial charge in [-0.15, -0.1) is 0 Å². The topological polar surface area (TPSA) is 132 Å². The molecule has 40 heavy (non-hydrogen) atoms. The van der Waals surface area contributed by atoms with E-state index in [9.17, 15) is 19.2 Å². The minimum atomic E-state index is -0.827. The predicted octanol–water partition coefficient (Wildman–Crippen LogP) is 3.97. The Bertz CT molecular complexity index is 1310. The van der Waals surface area contributed by atoms with Crippen LogP contribution in [0.15, 0.2) is 72.8 Å². The number of methoxy groups -OCH3 is 3. The first-order chi connectivity index (χ1) is 19.3. The molecule has 10 heteroatoms. The van der Waals surface area contributed by atoms with E-state index in [-0.39, 0.29) is 37.0 Å². The summed E-state index contributed by atoms with van der Waals surface area (Å²) < 4.78 is 15.6. The molecular weight excluding hydrogens is 514 g/mol. The summed E-state index contributed by atoms with van der Waals surface area (Å²) in [4.78, 5) is 49.9. The standard InChI is InChI=1S/C30H33N3O7/c1-38-25-19-23(33-29(36)21-13-8-5-9-14-21)26(39-2)18-22(25)31-27(34)15-10-16-28(35)32-24(30(37)40-3)17-20-11-6-4-7-12-20/h4-9,11-14,18-19,24H,10,15-17H2,1-3H3,(H,31,34)(H,32,35)(H,33,36)/t24-/m1/s1. The van der Waals surface area contributed by atoms with Crippen LogP contribution in [0, 0.1) is 0 Å². The van der Waals surface area contributed by atoms with Crippen molar-refractivity contribution in [2.24, 2.45) is 0 Å². The molecule has 3 aromatic rings. The van der Waals surface area contributed by atoms with E-state index in [1.807, 2.05) is 36.4 Å². The Morgan fingerprint density at radius 3 is 1.85 bits per heavy atom. The fourth-order valence-corrected chi connectivity index (χ4v) is 3.95. The van der Waals surface area contributed by atoms with Gasteiger partial charge in [0.05, 0.1) is 32.7 Å². The lowest BCUT2D eigenvalue weighted by atomic mass is 10.1. The van der Waals surface area contributed by atoms with Crippen LogP contribution >= 0.6 is 0 Å². The molecule has 3 N–H and O–H groups in total. The lowest BCUT2D eigenvalue weighted by Gasteiger charge is -2.17. The predicted molar refractivity (Wildman–Crippen MR) is 151 cm³/mol. The van der Waals surface area contributed by atoms with Gasteiger partial charge in [0.1, 0.15) is 17.5 Å². The fourth-order valence-electron chi connectivity index (χ4n) is 3.95. The van der Waals surface area contributed by atoms with Crippen molar-refractivity contribution in [3.63, 3.8) is 0 Å². The van der Waals surface area contributed by atoms with Crippen LogP contribution in [0.25, 0.3) is 0 Å². The quantitative estimate of drug-likeness (QED) is 0.276. The van der Waals surface area contributed by atoms with Gasteiger partial charge in [0.2, 0.25) is 11.8 Å². The Kier molecular flexibility index (Phi) is 11.1. The van der Waals surface area contributed by atoms with Crippen LogP contribution in [-0.4, -0.2) is 51.1 Å². The molecule has 0 heterocycles. The van der Waals surface area contributed by atoms with E-state index in [1.54, 1.807) is 36.4 Å². The van der Waals surface area contributed by atoms with E-state index in [2.05, 4.69) is 16.0 Å². The third kappa shape index (κ3) is 8.59. The van der Waals surface area contributed by atoms with Crippen molar-refractivity contribution in [2.45, 2.75) is 31.7 Å². The number of carbonyl (C=O) groups excluding carboxylic acids is 4. The first-order valence-electron chi connectivity index (χ1n) is 12.7. The molecule has 0 radical (unpaired) electrons. The SMILES string of the molecule is COC(=O)[C@@H](Cc1ccccc1)NC(=O)CCCC(=O)Nc1cc(OC)c(NC(=O)c2ccccc2)cc1OC. The van der Waals surface area contributed by atoms with Crippen molar-refractivity contribution in [1.29, 1.82) is 0 Å². The van der Waals surface area contributed by atoms with Gasteiger partial charge in [-0.1, -0.05) is 48.5 Å². The molecule has 10 nitrogen and oxygen atoms in total. The summed E-state index contributed by atoms with van der Waals surface area (Å²) in [6.45, 7) is 0. The summed E-state index contributed by atoms with van der Waals surface area (Å²) in [6, 6.07) is 20.3. The maximum atomic E-state index is 12.6. The second-order valence-corrected chi connectivity index (χ2v) is 8.81.